The molecular formula is C11H10BrFN2S. The number of hydrogen-bond acceptors (Lipinski definition) is 3. The number of aromatic nitrogens is 1. The average Bonchev–Trinajstić information content (AvgIpc) is 2.58. The molecule has 0 aliphatic carbocycles. The lowest BCUT2D eigenvalue weighted by Gasteiger charge is -2.03. The van der Waals surface area contributed by atoms with E-state index in [1.165, 1.54) is 22.0 Å². The number of pyridine rings is 1. The normalized spacial score (nSPS) is 10.4. The predicted molar refractivity (Wildman–Crippen MR) is 68.3 cm³/mol. The quantitative estimate of drug-likeness (QED) is 0.868. The lowest BCUT2D eigenvalue weighted by Crippen LogP contribution is -1.98. The van der Waals surface area contributed by atoms with Gasteiger partial charge in [0.05, 0.1) is 11.9 Å². The second-order valence-electron chi connectivity index (χ2n) is 3.34. The van der Waals surface area contributed by atoms with Crippen LogP contribution in [0.1, 0.15) is 9.75 Å². The fourth-order valence-electron chi connectivity index (χ4n) is 1.27. The summed E-state index contributed by atoms with van der Waals surface area (Å²) >= 11 is 5.21. The van der Waals surface area contributed by atoms with Gasteiger partial charge in [-0.15, -0.1) is 11.3 Å². The number of nitrogens with zero attached hydrogens (tertiary/aromatic N) is 1. The number of halogens is 2. The van der Waals surface area contributed by atoms with E-state index >= 15 is 0 Å². The molecule has 2 rings (SSSR count). The van der Waals surface area contributed by atoms with Gasteiger partial charge in [0.2, 0.25) is 5.95 Å². The molecule has 1 N–H and O–H groups in total. The SMILES string of the molecule is Cc1sc(CNc2ccc(F)nc2)cc1Br. The first-order valence-corrected chi connectivity index (χ1v) is 6.36. The maximum atomic E-state index is 12.6. The molecule has 0 spiro atoms. The standard InChI is InChI=1S/C11H10BrFN2S/c1-7-10(12)4-9(16-7)6-14-8-2-3-11(13)15-5-8/h2-5,14H,6H2,1H3. The molecule has 0 bridgehead atoms. The summed E-state index contributed by atoms with van der Waals surface area (Å²) < 4.78 is 13.7. The minimum atomic E-state index is -0.458. The maximum Gasteiger partial charge on any atom is 0.212 e. The van der Waals surface area contributed by atoms with Crippen molar-refractivity contribution in [3.63, 3.8) is 0 Å². The number of hydrogen-bond donors (Lipinski definition) is 1. The molecule has 16 heavy (non-hydrogen) atoms. The van der Waals surface area contributed by atoms with E-state index in [1.807, 2.05) is 0 Å². The zero-order valence-electron chi connectivity index (χ0n) is 8.63. The topological polar surface area (TPSA) is 24.9 Å². The third kappa shape index (κ3) is 2.80. The summed E-state index contributed by atoms with van der Waals surface area (Å²) in [5.41, 5.74) is 0.823. The smallest absolute Gasteiger partial charge is 0.212 e. The lowest BCUT2D eigenvalue weighted by atomic mass is 10.4. The molecule has 0 radical (unpaired) electrons. The van der Waals surface area contributed by atoms with E-state index in [0.29, 0.717) is 0 Å². The minimum Gasteiger partial charge on any atom is -0.379 e. The molecule has 0 aliphatic heterocycles. The van der Waals surface area contributed by atoms with E-state index in [4.69, 9.17) is 0 Å². The predicted octanol–water partition coefficient (Wildman–Crippen LogP) is 3.97. The van der Waals surface area contributed by atoms with Gasteiger partial charge in [0.25, 0.3) is 0 Å². The van der Waals surface area contributed by atoms with Gasteiger partial charge in [-0.25, -0.2) is 4.98 Å². The van der Waals surface area contributed by atoms with Gasteiger partial charge < -0.3 is 5.32 Å². The van der Waals surface area contributed by atoms with Gasteiger partial charge in [-0.05, 0) is 41.1 Å². The summed E-state index contributed by atoms with van der Waals surface area (Å²) in [6, 6.07) is 5.11. The summed E-state index contributed by atoms with van der Waals surface area (Å²) in [6.45, 7) is 2.79. The van der Waals surface area contributed by atoms with Gasteiger partial charge in [-0.3, -0.25) is 0 Å². The van der Waals surface area contributed by atoms with Gasteiger partial charge in [0.1, 0.15) is 0 Å². The number of anilines is 1. The number of rotatable bonds is 3. The molecule has 0 fully saturated rings. The van der Waals surface area contributed by atoms with Gasteiger partial charge >= 0.3 is 0 Å². The van der Waals surface area contributed by atoms with Crippen molar-refractivity contribution < 1.29 is 4.39 Å². The molecule has 0 unspecified atom stereocenters. The second-order valence-corrected chi connectivity index (χ2v) is 5.54. The second kappa shape index (κ2) is 4.93. The van der Waals surface area contributed by atoms with Gasteiger partial charge in [-0.2, -0.15) is 4.39 Å². The third-order valence-corrected chi connectivity index (χ3v) is 4.24. The highest BCUT2D eigenvalue weighted by atomic mass is 79.9. The highest BCUT2D eigenvalue weighted by Gasteiger charge is 2.02. The van der Waals surface area contributed by atoms with Crippen LogP contribution in [0.25, 0.3) is 0 Å². The molecule has 0 saturated heterocycles. The van der Waals surface area contributed by atoms with Gasteiger partial charge in [-0.1, -0.05) is 0 Å². The number of nitrogens with one attached hydrogen (secondary N) is 1. The summed E-state index contributed by atoms with van der Waals surface area (Å²) in [6.07, 6.45) is 1.49. The van der Waals surface area contributed by atoms with Crippen molar-refractivity contribution in [1.82, 2.24) is 4.98 Å². The van der Waals surface area contributed by atoms with Crippen LogP contribution in [-0.4, -0.2) is 4.98 Å². The molecule has 0 aromatic carbocycles. The minimum absolute atomic E-state index is 0.458. The van der Waals surface area contributed by atoms with Crippen molar-refractivity contribution in [2.24, 2.45) is 0 Å². The first-order valence-electron chi connectivity index (χ1n) is 4.75. The molecule has 0 aliphatic rings. The number of aryl methyl sites for hydroxylation is 1. The van der Waals surface area contributed by atoms with Crippen LogP contribution in [0.2, 0.25) is 0 Å². The van der Waals surface area contributed by atoms with Crippen molar-refractivity contribution in [3.8, 4) is 0 Å². The van der Waals surface area contributed by atoms with Crippen LogP contribution in [-0.2, 0) is 6.54 Å². The first kappa shape index (κ1) is 11.5. The summed E-state index contributed by atoms with van der Waals surface area (Å²) in [7, 11) is 0. The molecule has 2 aromatic rings. The average molecular weight is 301 g/mol. The Labute approximate surface area is 106 Å². The van der Waals surface area contributed by atoms with E-state index in [9.17, 15) is 4.39 Å². The fraction of sp³-hybridized carbons (Fsp3) is 0.182. The van der Waals surface area contributed by atoms with E-state index in [2.05, 4.69) is 39.2 Å². The summed E-state index contributed by atoms with van der Waals surface area (Å²) in [5, 5.41) is 3.19. The zero-order chi connectivity index (χ0) is 11.5. The van der Waals surface area contributed by atoms with Gasteiger partial charge in [0.15, 0.2) is 0 Å². The van der Waals surface area contributed by atoms with Crippen LogP contribution in [0, 0.1) is 12.9 Å². The third-order valence-electron chi connectivity index (χ3n) is 2.10. The molecule has 84 valence electrons. The van der Waals surface area contributed by atoms with Crippen LogP contribution in [0.3, 0.4) is 0 Å². The Kier molecular flexibility index (Phi) is 3.56. The Morgan fingerprint density at radius 1 is 1.50 bits per heavy atom. The molecule has 2 aromatic heterocycles. The number of thiophene rings is 1. The van der Waals surface area contributed by atoms with Crippen LogP contribution in [0.5, 0.6) is 0 Å². The maximum absolute atomic E-state index is 12.6. The Balaban J connectivity index is 1.99. The van der Waals surface area contributed by atoms with Crippen LogP contribution < -0.4 is 5.32 Å². The van der Waals surface area contributed by atoms with Crippen molar-refractivity contribution in [3.05, 3.63) is 44.6 Å². The van der Waals surface area contributed by atoms with E-state index in [1.54, 1.807) is 17.4 Å². The van der Waals surface area contributed by atoms with Crippen LogP contribution >= 0.6 is 27.3 Å². The van der Waals surface area contributed by atoms with Crippen molar-refractivity contribution in [2.45, 2.75) is 13.5 Å². The highest BCUT2D eigenvalue weighted by molar-refractivity contribution is 9.10. The Morgan fingerprint density at radius 3 is 2.88 bits per heavy atom. The summed E-state index contributed by atoms with van der Waals surface area (Å²) in [4.78, 5) is 6.07. The molecular weight excluding hydrogens is 291 g/mol. The molecule has 0 amide bonds. The van der Waals surface area contributed by atoms with Gasteiger partial charge in [0, 0.05) is 20.8 Å². The molecule has 0 atom stereocenters. The molecule has 5 heteroatoms. The van der Waals surface area contributed by atoms with Crippen molar-refractivity contribution in [1.29, 1.82) is 0 Å². The van der Waals surface area contributed by atoms with E-state index in [-0.39, 0.29) is 0 Å². The fourth-order valence-corrected chi connectivity index (χ4v) is 2.82. The van der Waals surface area contributed by atoms with Crippen LogP contribution in [0.15, 0.2) is 28.9 Å². The Bertz CT molecular complexity index is 462. The van der Waals surface area contributed by atoms with Crippen molar-refractivity contribution in [2.75, 3.05) is 5.32 Å². The molecule has 0 saturated carbocycles. The lowest BCUT2D eigenvalue weighted by molar-refractivity contribution is 0.584. The highest BCUT2D eigenvalue weighted by Crippen LogP contribution is 2.26. The Hall–Kier alpha value is -0.940. The Morgan fingerprint density at radius 2 is 2.31 bits per heavy atom. The molecule has 2 nitrogen and oxygen atoms in total. The van der Waals surface area contributed by atoms with Crippen LogP contribution in [0.4, 0.5) is 10.1 Å². The van der Waals surface area contributed by atoms with Crippen molar-refractivity contribution >= 4 is 33.0 Å². The van der Waals surface area contributed by atoms with E-state index < -0.39 is 5.95 Å². The first-order chi connectivity index (χ1) is 7.65. The summed E-state index contributed by atoms with van der Waals surface area (Å²) in [5.74, 6) is -0.458. The molecule has 2 heterocycles. The monoisotopic (exact) mass is 300 g/mol. The van der Waals surface area contributed by atoms with E-state index in [0.717, 1.165) is 16.7 Å². The zero-order valence-corrected chi connectivity index (χ0v) is 11.0. The largest absolute Gasteiger partial charge is 0.379 e.